The highest BCUT2D eigenvalue weighted by molar-refractivity contribution is 5.96. The third-order valence-electron chi connectivity index (χ3n) is 3.48. The highest BCUT2D eigenvalue weighted by Crippen LogP contribution is 2.27. The van der Waals surface area contributed by atoms with E-state index in [4.69, 9.17) is 4.42 Å². The second-order valence-electron chi connectivity index (χ2n) is 6.06. The summed E-state index contributed by atoms with van der Waals surface area (Å²) in [6.45, 7) is 3.49. The van der Waals surface area contributed by atoms with E-state index in [0.717, 1.165) is 22.2 Å². The number of carbonyl (C=O) groups is 1. The molecule has 118 valence electrons. The fourth-order valence-electron chi connectivity index (χ4n) is 2.30. The fourth-order valence-corrected chi connectivity index (χ4v) is 2.30. The predicted molar refractivity (Wildman–Crippen MR) is 88.1 cm³/mol. The second-order valence-corrected chi connectivity index (χ2v) is 6.06. The summed E-state index contributed by atoms with van der Waals surface area (Å²) in [6, 6.07) is 10.9. The van der Waals surface area contributed by atoms with Crippen molar-refractivity contribution in [1.82, 2.24) is 10.3 Å². The normalized spacial score (nSPS) is 11.6. The second kappa shape index (κ2) is 5.85. The standard InChI is InChI=1S/C18H18N2O3/c1-18(2,22)11-20-17(21)13-5-3-12(4-6-13)16-14-8-10-23-15(14)7-9-19-16/h3-10,22H,11H2,1-2H3,(H,20,21). The molecule has 1 amide bonds. The van der Waals surface area contributed by atoms with E-state index in [2.05, 4.69) is 10.3 Å². The van der Waals surface area contributed by atoms with Gasteiger partial charge in [-0.25, -0.2) is 0 Å². The summed E-state index contributed by atoms with van der Waals surface area (Å²) in [6.07, 6.45) is 3.33. The van der Waals surface area contributed by atoms with Crippen molar-refractivity contribution < 1.29 is 14.3 Å². The number of aromatic nitrogens is 1. The summed E-state index contributed by atoms with van der Waals surface area (Å²) in [5.74, 6) is -0.215. The number of pyridine rings is 1. The van der Waals surface area contributed by atoms with E-state index in [1.165, 1.54) is 0 Å². The van der Waals surface area contributed by atoms with Crippen LogP contribution in [0.25, 0.3) is 22.2 Å². The van der Waals surface area contributed by atoms with Gasteiger partial charge in [0.05, 0.1) is 17.6 Å². The zero-order valence-electron chi connectivity index (χ0n) is 13.0. The quantitative estimate of drug-likeness (QED) is 0.777. The van der Waals surface area contributed by atoms with Crippen LogP contribution in [0.1, 0.15) is 24.2 Å². The Bertz CT molecular complexity index is 829. The molecule has 0 saturated carbocycles. The summed E-state index contributed by atoms with van der Waals surface area (Å²) >= 11 is 0. The van der Waals surface area contributed by atoms with Gasteiger partial charge >= 0.3 is 0 Å². The highest BCUT2D eigenvalue weighted by Gasteiger charge is 2.15. The first-order valence-electron chi connectivity index (χ1n) is 7.37. The van der Waals surface area contributed by atoms with Crippen molar-refractivity contribution in [3.05, 3.63) is 54.4 Å². The molecule has 0 saturated heterocycles. The first-order valence-corrected chi connectivity index (χ1v) is 7.37. The van der Waals surface area contributed by atoms with Gasteiger partial charge in [-0.15, -0.1) is 0 Å². The van der Waals surface area contributed by atoms with Crippen LogP contribution in [-0.2, 0) is 0 Å². The van der Waals surface area contributed by atoms with Crippen molar-refractivity contribution in [3.63, 3.8) is 0 Å². The van der Waals surface area contributed by atoms with Gasteiger partial charge in [0.2, 0.25) is 0 Å². The van der Waals surface area contributed by atoms with Crippen LogP contribution in [0.2, 0.25) is 0 Å². The largest absolute Gasteiger partial charge is 0.464 e. The van der Waals surface area contributed by atoms with Crippen molar-refractivity contribution in [2.45, 2.75) is 19.4 Å². The molecule has 0 radical (unpaired) electrons. The molecule has 2 aromatic heterocycles. The Morgan fingerprint density at radius 3 is 2.65 bits per heavy atom. The summed E-state index contributed by atoms with van der Waals surface area (Å²) in [4.78, 5) is 16.5. The lowest BCUT2D eigenvalue weighted by Crippen LogP contribution is -2.38. The number of carbonyl (C=O) groups excluding carboxylic acids is 1. The van der Waals surface area contributed by atoms with E-state index in [-0.39, 0.29) is 12.5 Å². The molecule has 1 aromatic carbocycles. The number of furan rings is 1. The van der Waals surface area contributed by atoms with Crippen LogP contribution in [-0.4, -0.2) is 28.1 Å². The maximum atomic E-state index is 12.1. The minimum atomic E-state index is -0.934. The summed E-state index contributed by atoms with van der Waals surface area (Å²) < 4.78 is 5.38. The third-order valence-corrected chi connectivity index (χ3v) is 3.48. The van der Waals surface area contributed by atoms with Crippen molar-refractivity contribution in [2.24, 2.45) is 0 Å². The highest BCUT2D eigenvalue weighted by atomic mass is 16.3. The molecule has 23 heavy (non-hydrogen) atoms. The van der Waals surface area contributed by atoms with E-state index in [0.29, 0.717) is 5.56 Å². The Morgan fingerprint density at radius 1 is 1.22 bits per heavy atom. The van der Waals surface area contributed by atoms with Crippen LogP contribution < -0.4 is 5.32 Å². The number of hydrogen-bond donors (Lipinski definition) is 2. The molecule has 0 aliphatic carbocycles. The molecule has 3 aromatic rings. The number of aliphatic hydroxyl groups is 1. The molecule has 0 spiro atoms. The molecule has 0 aliphatic heterocycles. The summed E-state index contributed by atoms with van der Waals surface area (Å²) in [5.41, 5.74) is 2.12. The average Bonchev–Trinajstić information content (AvgIpc) is 3.00. The molecule has 0 unspecified atom stereocenters. The van der Waals surface area contributed by atoms with Gasteiger partial charge in [0.25, 0.3) is 5.91 Å². The summed E-state index contributed by atoms with van der Waals surface area (Å²) in [7, 11) is 0. The molecule has 2 N–H and O–H groups in total. The molecule has 0 fully saturated rings. The lowest BCUT2D eigenvalue weighted by molar-refractivity contribution is 0.0694. The number of benzene rings is 1. The average molecular weight is 310 g/mol. The fraction of sp³-hybridized carbons (Fsp3) is 0.222. The summed E-state index contributed by atoms with van der Waals surface area (Å²) in [5, 5.41) is 13.3. The Kier molecular flexibility index (Phi) is 3.88. The minimum absolute atomic E-state index is 0.198. The van der Waals surface area contributed by atoms with E-state index >= 15 is 0 Å². The van der Waals surface area contributed by atoms with Crippen LogP contribution in [0.3, 0.4) is 0 Å². The first-order chi connectivity index (χ1) is 10.9. The first kappa shape index (κ1) is 15.2. The maximum Gasteiger partial charge on any atom is 0.251 e. The van der Waals surface area contributed by atoms with Gasteiger partial charge in [0, 0.05) is 29.3 Å². The van der Waals surface area contributed by atoms with Crippen molar-refractivity contribution >= 4 is 16.9 Å². The zero-order chi connectivity index (χ0) is 16.4. The molecule has 2 heterocycles. The van der Waals surface area contributed by atoms with Crippen molar-refractivity contribution in [1.29, 1.82) is 0 Å². The van der Waals surface area contributed by atoms with Gasteiger partial charge in [-0.05, 0) is 38.1 Å². The van der Waals surface area contributed by atoms with E-state index < -0.39 is 5.60 Å². The molecule has 0 atom stereocenters. The molecular weight excluding hydrogens is 292 g/mol. The SMILES string of the molecule is CC(C)(O)CNC(=O)c1ccc(-c2nccc3occc23)cc1. The van der Waals surface area contributed by atoms with E-state index in [1.54, 1.807) is 38.4 Å². The van der Waals surface area contributed by atoms with Crippen molar-refractivity contribution in [2.75, 3.05) is 6.54 Å². The Balaban J connectivity index is 1.82. The topological polar surface area (TPSA) is 75.4 Å². The lowest BCUT2D eigenvalue weighted by Gasteiger charge is -2.17. The number of nitrogens with one attached hydrogen (secondary N) is 1. The van der Waals surface area contributed by atoms with Gasteiger partial charge in [-0.3, -0.25) is 9.78 Å². The minimum Gasteiger partial charge on any atom is -0.464 e. The predicted octanol–water partition coefficient (Wildman–Crippen LogP) is 3.00. The molecule has 5 nitrogen and oxygen atoms in total. The van der Waals surface area contributed by atoms with Gasteiger partial charge in [0.1, 0.15) is 5.58 Å². The van der Waals surface area contributed by atoms with E-state index in [1.807, 2.05) is 24.3 Å². The van der Waals surface area contributed by atoms with Gasteiger partial charge in [0.15, 0.2) is 0 Å². The molecule has 0 bridgehead atoms. The number of fused-ring (bicyclic) bond motifs is 1. The smallest absolute Gasteiger partial charge is 0.251 e. The van der Waals surface area contributed by atoms with Crippen LogP contribution in [0, 0.1) is 0 Å². The molecular formula is C18H18N2O3. The Labute approximate surface area is 134 Å². The number of rotatable bonds is 4. The van der Waals surface area contributed by atoms with Crippen LogP contribution >= 0.6 is 0 Å². The van der Waals surface area contributed by atoms with Crippen LogP contribution in [0.4, 0.5) is 0 Å². The van der Waals surface area contributed by atoms with Gasteiger partial charge in [-0.2, -0.15) is 0 Å². The van der Waals surface area contributed by atoms with Crippen molar-refractivity contribution in [3.8, 4) is 11.3 Å². The Hall–Kier alpha value is -2.66. The number of hydrogen-bond acceptors (Lipinski definition) is 4. The molecule has 5 heteroatoms. The molecule has 3 rings (SSSR count). The van der Waals surface area contributed by atoms with Crippen LogP contribution in [0.15, 0.2) is 53.3 Å². The zero-order valence-corrected chi connectivity index (χ0v) is 13.0. The maximum absolute atomic E-state index is 12.1. The van der Waals surface area contributed by atoms with Gasteiger partial charge < -0.3 is 14.8 Å². The van der Waals surface area contributed by atoms with E-state index in [9.17, 15) is 9.90 Å². The molecule has 0 aliphatic rings. The lowest BCUT2D eigenvalue weighted by atomic mass is 10.1. The number of nitrogens with zero attached hydrogens (tertiary/aromatic N) is 1. The third kappa shape index (κ3) is 3.40. The monoisotopic (exact) mass is 310 g/mol. The number of amides is 1. The van der Waals surface area contributed by atoms with Gasteiger partial charge in [-0.1, -0.05) is 12.1 Å². The Morgan fingerprint density at radius 2 is 1.96 bits per heavy atom. The van der Waals surface area contributed by atoms with Crippen LogP contribution in [0.5, 0.6) is 0 Å².